The van der Waals surface area contributed by atoms with Gasteiger partial charge in [0.15, 0.2) is 6.04 Å². The molecule has 19 heavy (non-hydrogen) atoms. The summed E-state index contributed by atoms with van der Waals surface area (Å²) in [4.78, 5) is 12.8. The van der Waals surface area contributed by atoms with E-state index in [1.807, 2.05) is 42.6 Å². The van der Waals surface area contributed by atoms with Crippen molar-refractivity contribution in [2.45, 2.75) is 13.0 Å². The van der Waals surface area contributed by atoms with E-state index in [1.54, 1.807) is 0 Å². The molecule has 0 saturated carbocycles. The van der Waals surface area contributed by atoms with Gasteiger partial charge in [-0.15, -0.1) is 11.3 Å². The van der Waals surface area contributed by atoms with Crippen LogP contribution in [0.5, 0.6) is 0 Å². The molecule has 1 unspecified atom stereocenters. The normalized spacial score (nSPS) is 11.9. The molecular weight excluding hydrogens is 326 g/mol. The van der Waals surface area contributed by atoms with Gasteiger partial charge in [0.1, 0.15) is 0 Å². The minimum absolute atomic E-state index is 0.296. The first-order valence-electron chi connectivity index (χ1n) is 5.75. The maximum absolute atomic E-state index is 11.9. The topological polar surface area (TPSA) is 38.3 Å². The van der Waals surface area contributed by atoms with Gasteiger partial charge >= 0.3 is 5.97 Å². The number of hydrogen-bond donors (Lipinski definition) is 1. The number of carbonyl (C=O) groups excluding carboxylic acids is 1. The second-order valence-electron chi connectivity index (χ2n) is 4.14. The zero-order valence-electron chi connectivity index (χ0n) is 10.6. The number of benzene rings is 1. The molecule has 1 aromatic heterocycles. The third-order valence-corrected chi connectivity index (χ3v) is 4.40. The number of methoxy groups -OCH3 is 1. The zero-order valence-corrected chi connectivity index (χ0v) is 13.0. The number of aryl methyl sites for hydroxylation is 1. The molecule has 100 valence electrons. The molecule has 0 aliphatic carbocycles. The van der Waals surface area contributed by atoms with E-state index in [9.17, 15) is 4.79 Å². The molecule has 3 nitrogen and oxygen atoms in total. The van der Waals surface area contributed by atoms with Crippen LogP contribution in [0.25, 0.3) is 0 Å². The summed E-state index contributed by atoms with van der Waals surface area (Å²) >= 11 is 4.91. The Labute approximate surface area is 124 Å². The van der Waals surface area contributed by atoms with E-state index in [-0.39, 0.29) is 5.97 Å². The molecule has 1 heterocycles. The number of nitrogens with one attached hydrogen (secondary N) is 1. The lowest BCUT2D eigenvalue weighted by molar-refractivity contribution is -0.141. The first-order valence-corrected chi connectivity index (χ1v) is 7.42. The van der Waals surface area contributed by atoms with Gasteiger partial charge in [-0.05, 0) is 46.6 Å². The summed E-state index contributed by atoms with van der Waals surface area (Å²) in [6.45, 7) is 2.01. The molecular formula is C14H14BrNO2S. The van der Waals surface area contributed by atoms with Crippen molar-refractivity contribution in [2.75, 3.05) is 12.4 Å². The number of halogens is 1. The van der Waals surface area contributed by atoms with Gasteiger partial charge in [-0.2, -0.15) is 0 Å². The van der Waals surface area contributed by atoms with Gasteiger partial charge in [0, 0.05) is 20.4 Å². The minimum atomic E-state index is -0.483. The highest BCUT2D eigenvalue weighted by molar-refractivity contribution is 9.10. The quantitative estimate of drug-likeness (QED) is 0.850. The molecule has 1 aromatic carbocycles. The van der Waals surface area contributed by atoms with Crippen LogP contribution in [0.3, 0.4) is 0 Å². The molecule has 2 aromatic rings. The van der Waals surface area contributed by atoms with E-state index in [4.69, 9.17) is 4.74 Å². The Morgan fingerprint density at radius 3 is 2.79 bits per heavy atom. The van der Waals surface area contributed by atoms with Gasteiger partial charge < -0.3 is 10.1 Å². The lowest BCUT2D eigenvalue weighted by Crippen LogP contribution is -2.21. The van der Waals surface area contributed by atoms with Crippen LogP contribution in [-0.2, 0) is 9.53 Å². The fourth-order valence-electron chi connectivity index (χ4n) is 1.75. The van der Waals surface area contributed by atoms with Crippen LogP contribution >= 0.6 is 27.3 Å². The van der Waals surface area contributed by atoms with E-state index in [0.29, 0.717) is 0 Å². The Balaban J connectivity index is 2.26. The number of carbonyl (C=O) groups is 1. The first-order chi connectivity index (χ1) is 9.10. The summed E-state index contributed by atoms with van der Waals surface area (Å²) in [6, 6.07) is 9.35. The summed E-state index contributed by atoms with van der Waals surface area (Å²) in [5, 5.41) is 5.16. The van der Waals surface area contributed by atoms with Crippen molar-refractivity contribution in [1.29, 1.82) is 0 Å². The fraction of sp³-hybridized carbons (Fsp3) is 0.214. The second-order valence-corrected chi connectivity index (χ2v) is 6.00. The Bertz CT molecular complexity index is 582. The predicted molar refractivity (Wildman–Crippen MR) is 81.6 cm³/mol. The van der Waals surface area contributed by atoms with Crippen molar-refractivity contribution in [2.24, 2.45) is 0 Å². The van der Waals surface area contributed by atoms with Crippen LogP contribution in [-0.4, -0.2) is 13.1 Å². The van der Waals surface area contributed by atoms with Crippen molar-refractivity contribution in [1.82, 2.24) is 0 Å². The molecule has 0 aliphatic rings. The van der Waals surface area contributed by atoms with Crippen molar-refractivity contribution in [3.63, 3.8) is 0 Å². The van der Waals surface area contributed by atoms with Crippen LogP contribution < -0.4 is 5.32 Å². The molecule has 0 spiro atoms. The number of ether oxygens (including phenoxy) is 1. The zero-order chi connectivity index (χ0) is 13.8. The lowest BCUT2D eigenvalue weighted by atomic mass is 10.2. The number of anilines is 1. The summed E-state index contributed by atoms with van der Waals surface area (Å²) in [5.74, 6) is -0.296. The SMILES string of the molecule is COC(=O)C(Nc1cccc(C)c1)c1cc(Br)cs1. The van der Waals surface area contributed by atoms with E-state index < -0.39 is 6.04 Å². The monoisotopic (exact) mass is 339 g/mol. The summed E-state index contributed by atoms with van der Waals surface area (Å²) in [7, 11) is 1.40. The molecule has 0 radical (unpaired) electrons. The summed E-state index contributed by atoms with van der Waals surface area (Å²) in [6.07, 6.45) is 0. The van der Waals surface area contributed by atoms with Crippen molar-refractivity contribution in [3.05, 3.63) is 50.6 Å². The molecule has 5 heteroatoms. The maximum Gasteiger partial charge on any atom is 0.333 e. The van der Waals surface area contributed by atoms with E-state index >= 15 is 0 Å². The third-order valence-electron chi connectivity index (χ3n) is 2.64. The predicted octanol–water partition coefficient (Wildman–Crippen LogP) is 4.15. The van der Waals surface area contributed by atoms with Gasteiger partial charge in [0.2, 0.25) is 0 Å². The first kappa shape index (κ1) is 14.1. The number of esters is 1. The molecule has 1 atom stereocenters. The minimum Gasteiger partial charge on any atom is -0.467 e. The smallest absolute Gasteiger partial charge is 0.333 e. The summed E-state index contributed by atoms with van der Waals surface area (Å²) in [5.41, 5.74) is 2.04. The van der Waals surface area contributed by atoms with Gasteiger partial charge in [0.25, 0.3) is 0 Å². The third kappa shape index (κ3) is 3.58. The Hall–Kier alpha value is -1.33. The van der Waals surface area contributed by atoms with Gasteiger partial charge in [0.05, 0.1) is 7.11 Å². The standard InChI is InChI=1S/C14H14BrNO2S/c1-9-4-3-5-11(6-9)16-13(14(17)18-2)12-7-10(15)8-19-12/h3-8,13,16H,1-2H3. The van der Waals surface area contributed by atoms with Crippen LogP contribution in [0.15, 0.2) is 40.2 Å². The second kappa shape index (κ2) is 6.21. The average Bonchev–Trinajstić information content (AvgIpc) is 2.81. The maximum atomic E-state index is 11.9. The molecule has 0 aliphatic heterocycles. The highest BCUT2D eigenvalue weighted by atomic mass is 79.9. The molecule has 0 amide bonds. The molecule has 0 bridgehead atoms. The van der Waals surface area contributed by atoms with Crippen LogP contribution in [0.2, 0.25) is 0 Å². The highest BCUT2D eigenvalue weighted by Gasteiger charge is 2.23. The van der Waals surface area contributed by atoms with E-state index in [0.717, 1.165) is 20.6 Å². The van der Waals surface area contributed by atoms with E-state index in [1.165, 1.54) is 18.4 Å². The molecule has 2 rings (SSSR count). The fourth-order valence-corrected chi connectivity index (χ4v) is 3.23. The highest BCUT2D eigenvalue weighted by Crippen LogP contribution is 2.29. The van der Waals surface area contributed by atoms with E-state index in [2.05, 4.69) is 21.2 Å². The number of rotatable bonds is 4. The molecule has 1 N–H and O–H groups in total. The van der Waals surface area contributed by atoms with Crippen molar-refractivity contribution >= 4 is 38.9 Å². The van der Waals surface area contributed by atoms with Gasteiger partial charge in [-0.3, -0.25) is 0 Å². The van der Waals surface area contributed by atoms with Gasteiger partial charge in [-0.1, -0.05) is 12.1 Å². The Morgan fingerprint density at radius 2 is 2.21 bits per heavy atom. The average molecular weight is 340 g/mol. The molecule has 0 fully saturated rings. The largest absolute Gasteiger partial charge is 0.467 e. The molecule has 0 saturated heterocycles. The van der Waals surface area contributed by atoms with Crippen LogP contribution in [0.1, 0.15) is 16.5 Å². The number of hydrogen-bond acceptors (Lipinski definition) is 4. The van der Waals surface area contributed by atoms with Crippen molar-refractivity contribution in [3.8, 4) is 0 Å². The van der Waals surface area contributed by atoms with Crippen LogP contribution in [0.4, 0.5) is 5.69 Å². The Morgan fingerprint density at radius 1 is 1.42 bits per heavy atom. The lowest BCUT2D eigenvalue weighted by Gasteiger charge is -2.16. The van der Waals surface area contributed by atoms with Crippen LogP contribution in [0, 0.1) is 6.92 Å². The van der Waals surface area contributed by atoms with Gasteiger partial charge in [-0.25, -0.2) is 4.79 Å². The Kier molecular flexibility index (Phi) is 4.61. The summed E-state index contributed by atoms with van der Waals surface area (Å²) < 4.78 is 5.83. The number of thiophene rings is 1. The van der Waals surface area contributed by atoms with Crippen molar-refractivity contribution < 1.29 is 9.53 Å².